The molecular formula is C20H16N4O4S. The predicted molar refractivity (Wildman–Crippen MR) is 112 cm³/mol. The standard InChI is InChI=1S/C20H16N4O4S/c1-13-4-2-5-14(10-13)19(25)22-16-7-3-6-15(11-16)20(26)23-21-12-17-8-9-18(29-17)24(27)28/h2-12H,1H3,(H,22,25)(H,23,26). The van der Waals surface area contributed by atoms with E-state index in [0.717, 1.165) is 16.9 Å². The van der Waals surface area contributed by atoms with Gasteiger partial charge >= 0.3 is 5.00 Å². The van der Waals surface area contributed by atoms with Crippen LogP contribution in [0.3, 0.4) is 0 Å². The van der Waals surface area contributed by atoms with Gasteiger partial charge in [-0.25, -0.2) is 5.43 Å². The van der Waals surface area contributed by atoms with Crippen LogP contribution in [0.5, 0.6) is 0 Å². The van der Waals surface area contributed by atoms with Gasteiger partial charge in [-0.05, 0) is 43.3 Å². The Morgan fingerprint density at radius 1 is 1.03 bits per heavy atom. The van der Waals surface area contributed by atoms with Crippen LogP contribution in [-0.4, -0.2) is 23.0 Å². The summed E-state index contributed by atoms with van der Waals surface area (Å²) in [4.78, 5) is 35.3. The van der Waals surface area contributed by atoms with Crippen LogP contribution >= 0.6 is 11.3 Å². The molecule has 0 saturated heterocycles. The zero-order valence-corrected chi connectivity index (χ0v) is 16.1. The van der Waals surface area contributed by atoms with Gasteiger partial charge < -0.3 is 5.32 Å². The fourth-order valence-electron chi connectivity index (χ4n) is 2.46. The lowest BCUT2D eigenvalue weighted by Crippen LogP contribution is -2.18. The fourth-order valence-corrected chi connectivity index (χ4v) is 3.15. The van der Waals surface area contributed by atoms with Gasteiger partial charge in [-0.3, -0.25) is 19.7 Å². The monoisotopic (exact) mass is 408 g/mol. The summed E-state index contributed by atoms with van der Waals surface area (Å²) in [5.41, 5.74) is 4.64. The highest BCUT2D eigenvalue weighted by molar-refractivity contribution is 7.16. The number of hydrazone groups is 1. The topological polar surface area (TPSA) is 114 Å². The van der Waals surface area contributed by atoms with E-state index in [1.165, 1.54) is 18.3 Å². The summed E-state index contributed by atoms with van der Waals surface area (Å²) in [6, 6.07) is 16.5. The summed E-state index contributed by atoms with van der Waals surface area (Å²) < 4.78 is 0. The van der Waals surface area contributed by atoms with Crippen molar-refractivity contribution >= 4 is 40.1 Å². The molecule has 8 nitrogen and oxygen atoms in total. The zero-order chi connectivity index (χ0) is 20.8. The molecule has 29 heavy (non-hydrogen) atoms. The SMILES string of the molecule is Cc1cccc(C(=O)Nc2cccc(C(=O)NN=Cc3ccc([N+](=O)[O-])s3)c2)c1. The number of carbonyl (C=O) groups is 2. The lowest BCUT2D eigenvalue weighted by molar-refractivity contribution is -0.380. The van der Waals surface area contributed by atoms with Crippen LogP contribution in [0, 0.1) is 17.0 Å². The van der Waals surface area contributed by atoms with Crippen LogP contribution in [-0.2, 0) is 0 Å². The number of hydrogen-bond acceptors (Lipinski definition) is 6. The van der Waals surface area contributed by atoms with Gasteiger partial charge in [-0.15, -0.1) is 0 Å². The lowest BCUT2D eigenvalue weighted by atomic mass is 10.1. The molecule has 2 aromatic carbocycles. The molecule has 0 unspecified atom stereocenters. The van der Waals surface area contributed by atoms with Crippen LogP contribution < -0.4 is 10.7 Å². The molecule has 0 fully saturated rings. The average molecular weight is 408 g/mol. The van der Waals surface area contributed by atoms with Crippen LogP contribution in [0.15, 0.2) is 65.8 Å². The molecule has 0 spiro atoms. The van der Waals surface area contributed by atoms with E-state index in [1.54, 1.807) is 42.5 Å². The first-order valence-corrected chi connectivity index (χ1v) is 9.30. The highest BCUT2D eigenvalue weighted by atomic mass is 32.1. The second kappa shape index (κ2) is 8.89. The van der Waals surface area contributed by atoms with E-state index in [-0.39, 0.29) is 10.9 Å². The molecule has 146 valence electrons. The summed E-state index contributed by atoms with van der Waals surface area (Å²) >= 11 is 0.949. The first kappa shape index (κ1) is 19.9. The zero-order valence-electron chi connectivity index (χ0n) is 15.3. The molecule has 2 amide bonds. The van der Waals surface area contributed by atoms with Crippen molar-refractivity contribution in [2.75, 3.05) is 5.32 Å². The van der Waals surface area contributed by atoms with Gasteiger partial charge in [0.15, 0.2) is 0 Å². The van der Waals surface area contributed by atoms with Crippen molar-refractivity contribution in [2.45, 2.75) is 6.92 Å². The first-order valence-electron chi connectivity index (χ1n) is 8.48. The number of benzene rings is 2. The molecule has 0 atom stereocenters. The largest absolute Gasteiger partial charge is 0.324 e. The number of amides is 2. The highest BCUT2D eigenvalue weighted by Crippen LogP contribution is 2.22. The van der Waals surface area contributed by atoms with E-state index in [2.05, 4.69) is 15.8 Å². The van der Waals surface area contributed by atoms with Crippen molar-refractivity contribution in [3.63, 3.8) is 0 Å². The van der Waals surface area contributed by atoms with Crippen molar-refractivity contribution in [1.82, 2.24) is 5.43 Å². The summed E-state index contributed by atoms with van der Waals surface area (Å²) in [5, 5.41) is 17.2. The molecule has 3 rings (SSSR count). The molecule has 1 heterocycles. The molecule has 0 saturated carbocycles. The number of nitrogens with zero attached hydrogens (tertiary/aromatic N) is 2. The minimum atomic E-state index is -0.489. The third-order valence-electron chi connectivity index (χ3n) is 3.81. The van der Waals surface area contributed by atoms with Gasteiger partial charge in [-0.1, -0.05) is 35.1 Å². The summed E-state index contributed by atoms with van der Waals surface area (Å²) in [7, 11) is 0. The number of anilines is 1. The van der Waals surface area contributed by atoms with Crippen molar-refractivity contribution in [2.24, 2.45) is 5.10 Å². The maximum atomic E-state index is 12.3. The van der Waals surface area contributed by atoms with E-state index in [4.69, 9.17) is 0 Å². The molecule has 0 aliphatic rings. The number of nitrogens with one attached hydrogen (secondary N) is 2. The second-order valence-electron chi connectivity index (χ2n) is 6.04. The summed E-state index contributed by atoms with van der Waals surface area (Å²) in [6.07, 6.45) is 1.33. The first-order chi connectivity index (χ1) is 13.9. The van der Waals surface area contributed by atoms with E-state index in [0.29, 0.717) is 21.7 Å². The molecule has 3 aromatic rings. The number of aryl methyl sites for hydroxylation is 1. The van der Waals surface area contributed by atoms with Crippen LogP contribution in [0.2, 0.25) is 0 Å². The van der Waals surface area contributed by atoms with Crippen molar-refractivity contribution in [3.8, 4) is 0 Å². The van der Waals surface area contributed by atoms with Gasteiger partial charge in [0.2, 0.25) is 0 Å². The molecule has 0 aliphatic heterocycles. The van der Waals surface area contributed by atoms with Crippen LogP contribution in [0.25, 0.3) is 0 Å². The van der Waals surface area contributed by atoms with Crippen LogP contribution in [0.1, 0.15) is 31.2 Å². The Morgan fingerprint density at radius 3 is 2.45 bits per heavy atom. The minimum absolute atomic E-state index is 0.00479. The molecule has 2 N–H and O–H groups in total. The van der Waals surface area contributed by atoms with Gasteiger partial charge in [-0.2, -0.15) is 5.10 Å². The van der Waals surface area contributed by atoms with Gasteiger partial charge in [0.05, 0.1) is 16.0 Å². The molecule has 0 radical (unpaired) electrons. The van der Waals surface area contributed by atoms with Crippen molar-refractivity contribution in [1.29, 1.82) is 0 Å². The number of thiophene rings is 1. The van der Waals surface area contributed by atoms with E-state index in [1.807, 2.05) is 13.0 Å². The van der Waals surface area contributed by atoms with E-state index in [9.17, 15) is 19.7 Å². The Morgan fingerprint density at radius 2 is 1.76 bits per heavy atom. The van der Waals surface area contributed by atoms with Crippen molar-refractivity contribution in [3.05, 3.63) is 92.3 Å². The van der Waals surface area contributed by atoms with Gasteiger partial charge in [0, 0.05) is 22.9 Å². The lowest BCUT2D eigenvalue weighted by Gasteiger charge is -2.07. The second-order valence-corrected chi connectivity index (χ2v) is 7.13. The third-order valence-corrected chi connectivity index (χ3v) is 4.78. The van der Waals surface area contributed by atoms with Gasteiger partial charge in [0.25, 0.3) is 11.8 Å². The molecule has 0 aliphatic carbocycles. The Labute approximate surface area is 170 Å². The van der Waals surface area contributed by atoms with Crippen molar-refractivity contribution < 1.29 is 14.5 Å². The average Bonchev–Trinajstić information content (AvgIpc) is 3.17. The quantitative estimate of drug-likeness (QED) is 0.365. The predicted octanol–water partition coefficient (Wildman–Crippen LogP) is 3.98. The fraction of sp³-hybridized carbons (Fsp3) is 0.0500. The normalized spacial score (nSPS) is 10.7. The molecule has 1 aromatic heterocycles. The van der Waals surface area contributed by atoms with Gasteiger partial charge in [0.1, 0.15) is 0 Å². The molecule has 9 heteroatoms. The maximum Gasteiger partial charge on any atom is 0.324 e. The molecule has 0 bridgehead atoms. The molecular weight excluding hydrogens is 392 g/mol. The summed E-state index contributed by atoms with van der Waals surface area (Å²) in [6.45, 7) is 1.90. The number of rotatable bonds is 6. The van der Waals surface area contributed by atoms with E-state index >= 15 is 0 Å². The minimum Gasteiger partial charge on any atom is -0.322 e. The Kier molecular flexibility index (Phi) is 6.10. The Balaban J connectivity index is 1.63. The number of hydrogen-bond donors (Lipinski definition) is 2. The number of carbonyl (C=O) groups excluding carboxylic acids is 2. The smallest absolute Gasteiger partial charge is 0.322 e. The Bertz CT molecular complexity index is 1110. The third kappa shape index (κ3) is 5.33. The van der Waals surface area contributed by atoms with E-state index < -0.39 is 10.8 Å². The highest BCUT2D eigenvalue weighted by Gasteiger charge is 2.10. The summed E-state index contributed by atoms with van der Waals surface area (Å²) in [5.74, 6) is -0.748. The Hall–Kier alpha value is -3.85. The maximum absolute atomic E-state index is 12.3. The van der Waals surface area contributed by atoms with Crippen LogP contribution in [0.4, 0.5) is 10.7 Å². The number of nitro groups is 1.